The van der Waals surface area contributed by atoms with Gasteiger partial charge in [0.2, 0.25) is 0 Å². The second-order valence-corrected chi connectivity index (χ2v) is 30.7. The molecule has 330 valence electrons. The number of esters is 1. The smallest absolute Gasteiger partial charge is 0.342 e. The summed E-state index contributed by atoms with van der Waals surface area (Å²) in [5, 5.41) is 7.17. The lowest BCUT2D eigenvalue weighted by Gasteiger charge is -2.46. The third-order valence-electron chi connectivity index (χ3n) is 15.1. The van der Waals surface area contributed by atoms with Gasteiger partial charge in [0.1, 0.15) is 17.1 Å². The summed E-state index contributed by atoms with van der Waals surface area (Å²) in [4.78, 5) is 20.1. The third kappa shape index (κ3) is 7.04. The highest BCUT2D eigenvalue weighted by Crippen LogP contribution is 2.51. The van der Waals surface area contributed by atoms with Crippen LogP contribution in [0.3, 0.4) is 0 Å². The lowest BCUT2D eigenvalue weighted by atomic mass is 9.81. The van der Waals surface area contributed by atoms with Gasteiger partial charge in [-0.15, -0.1) is 0 Å². The standard InChI is InChI=1S/C51H60FN3O4S2Si2/c1-11-51(59-62(9,10)49(3,4)5)38-25-42-45-36(27-55(42)47(61)37(38)29-57-48(51)56)44-40(23-22-34-30(2)39(52)26-41(53-45)43(34)44)54-46(60)35-24-31(35)28-58-63(50(6,7)8,32-18-14-12-15-19-32)33-20-16-13-17-21-33/h12-21,25-26,31,35,40H,11,22-24,27-29H2,1-10H3,(H,54,60)/t31-,35+,40+,51+/m1/s1. The number of aryl methyl sites for hydroxylation is 1. The van der Waals surface area contributed by atoms with Crippen molar-refractivity contribution in [1.29, 1.82) is 0 Å². The predicted octanol–water partition coefficient (Wildman–Crippen LogP) is 11.0. The van der Waals surface area contributed by atoms with Gasteiger partial charge < -0.3 is 23.5 Å². The fourth-order valence-electron chi connectivity index (χ4n) is 10.5. The Hall–Kier alpha value is -3.92. The van der Waals surface area contributed by atoms with Gasteiger partial charge in [-0.2, -0.15) is 0 Å². The molecule has 0 amide bonds. The van der Waals surface area contributed by atoms with Crippen LogP contribution in [0.25, 0.3) is 22.3 Å². The minimum Gasteiger partial charge on any atom is -0.458 e. The van der Waals surface area contributed by atoms with Crippen LogP contribution in [0.1, 0.15) is 107 Å². The van der Waals surface area contributed by atoms with Crippen molar-refractivity contribution in [1.82, 2.24) is 14.9 Å². The Bertz CT molecular complexity index is 2710. The normalized spacial score (nSPS) is 21.7. The number of nitrogens with one attached hydrogen (secondary N) is 1. The number of benzene rings is 3. The Balaban J connectivity index is 1.07. The van der Waals surface area contributed by atoms with Crippen LogP contribution in [0.5, 0.6) is 0 Å². The molecule has 63 heavy (non-hydrogen) atoms. The Labute approximate surface area is 384 Å². The van der Waals surface area contributed by atoms with Crippen LogP contribution >= 0.6 is 24.4 Å². The summed E-state index contributed by atoms with van der Waals surface area (Å²) < 4.78 is 38.9. The van der Waals surface area contributed by atoms with Gasteiger partial charge in [0.05, 0.1) is 34.5 Å². The van der Waals surface area contributed by atoms with Crippen LogP contribution in [0, 0.1) is 29.2 Å². The first-order valence-corrected chi connectivity index (χ1v) is 28.2. The zero-order valence-corrected chi connectivity index (χ0v) is 42.0. The zero-order chi connectivity index (χ0) is 45.0. The van der Waals surface area contributed by atoms with Crippen molar-refractivity contribution in [2.24, 2.45) is 11.8 Å². The number of nitrogens with zero attached hydrogens (tertiary/aromatic N) is 2. The van der Waals surface area contributed by atoms with Gasteiger partial charge in [0.15, 0.2) is 13.9 Å². The highest BCUT2D eigenvalue weighted by atomic mass is 32.1. The van der Waals surface area contributed by atoms with Gasteiger partial charge in [0.25, 0.3) is 8.32 Å². The molecule has 9 rings (SSSR count). The molecule has 0 unspecified atom stereocenters. The number of hydrogen-bond acceptors (Lipinski definition) is 7. The number of hydrogen-bond donors (Lipinski definition) is 1. The molecular formula is C51H60FN3O4S2Si2. The zero-order valence-electron chi connectivity index (χ0n) is 38.3. The van der Waals surface area contributed by atoms with Gasteiger partial charge in [-0.3, -0.25) is 0 Å². The molecule has 4 heterocycles. The average Bonchev–Trinajstić information content (AvgIpc) is 3.93. The van der Waals surface area contributed by atoms with E-state index in [0.717, 1.165) is 62.4 Å². The highest BCUT2D eigenvalue weighted by Gasteiger charge is 2.55. The Kier molecular flexibility index (Phi) is 11.0. The lowest BCUT2D eigenvalue weighted by Crippen LogP contribution is -2.66. The molecule has 1 N–H and O–H groups in total. The van der Waals surface area contributed by atoms with Crippen LogP contribution in [0.2, 0.25) is 23.2 Å². The molecule has 7 nitrogen and oxygen atoms in total. The van der Waals surface area contributed by atoms with Gasteiger partial charge >= 0.3 is 5.97 Å². The second kappa shape index (κ2) is 15.6. The molecule has 4 atom stereocenters. The number of rotatable bonds is 10. The van der Waals surface area contributed by atoms with Crippen LogP contribution in [0.15, 0.2) is 72.8 Å². The summed E-state index contributed by atoms with van der Waals surface area (Å²) in [6.07, 6.45) is 2.83. The van der Waals surface area contributed by atoms with Crippen LogP contribution in [0.4, 0.5) is 4.39 Å². The van der Waals surface area contributed by atoms with E-state index >= 15 is 4.39 Å². The van der Waals surface area contributed by atoms with Crippen LogP contribution < -0.4 is 15.7 Å². The molecule has 5 aromatic rings. The monoisotopic (exact) mass is 917 g/mol. The molecule has 2 aliphatic heterocycles. The molecule has 4 aliphatic rings. The fourth-order valence-corrected chi connectivity index (χ4v) is 17.4. The van der Waals surface area contributed by atoms with Gasteiger partial charge in [-0.05, 0) is 94.8 Å². The summed E-state index contributed by atoms with van der Waals surface area (Å²) in [6.45, 7) is 22.9. The van der Waals surface area contributed by atoms with Crippen molar-refractivity contribution >= 4 is 73.3 Å². The first-order chi connectivity index (χ1) is 29.7. The summed E-state index contributed by atoms with van der Waals surface area (Å²) in [5.41, 5.74) is 6.32. The SMILES string of the molecule is CC[C@@]1(O[Si](C)(C)C(C)(C)C)C(=O)OCc2c1cc1n(c2=S)Cc2c-1nc1cc(F)c(C)c3c1c2[C@@H](NC(=S)[C@H]1C[C@@H]1CO[Si](c1ccccc1)(c1ccccc1)C(C)(C)C)CC3. The van der Waals surface area contributed by atoms with E-state index in [-0.39, 0.29) is 40.4 Å². The molecule has 0 saturated heterocycles. The number of carbonyl (C=O) groups excluding carboxylic acids is 1. The highest BCUT2D eigenvalue weighted by molar-refractivity contribution is 7.80. The predicted molar refractivity (Wildman–Crippen MR) is 262 cm³/mol. The van der Waals surface area contributed by atoms with Crippen molar-refractivity contribution in [3.63, 3.8) is 0 Å². The van der Waals surface area contributed by atoms with Crippen molar-refractivity contribution in [3.05, 3.63) is 117 Å². The number of aromatic nitrogens is 2. The topological polar surface area (TPSA) is 74.6 Å². The second-order valence-electron chi connectivity index (χ2n) is 20.8. The van der Waals surface area contributed by atoms with E-state index < -0.39 is 22.2 Å². The molecule has 2 aliphatic carbocycles. The molecule has 2 aromatic heterocycles. The quantitative estimate of drug-likeness (QED) is 0.0828. The van der Waals surface area contributed by atoms with Gasteiger partial charge in [0, 0.05) is 40.7 Å². The summed E-state index contributed by atoms with van der Waals surface area (Å²) in [6, 6.07) is 25.1. The maximum absolute atomic E-state index is 15.8. The minimum atomic E-state index is -2.70. The maximum atomic E-state index is 15.8. The first-order valence-electron chi connectivity index (χ1n) is 22.6. The number of pyridine rings is 2. The van der Waals surface area contributed by atoms with Gasteiger partial charge in [-0.1, -0.05) is 134 Å². The summed E-state index contributed by atoms with van der Waals surface area (Å²) >= 11 is 12.6. The number of fused-ring (bicyclic) bond motifs is 5. The van der Waals surface area contributed by atoms with E-state index in [4.69, 9.17) is 43.0 Å². The third-order valence-corrected chi connectivity index (χ3v) is 25.5. The minimum absolute atomic E-state index is 0.0871. The largest absolute Gasteiger partial charge is 0.458 e. The van der Waals surface area contributed by atoms with Crippen molar-refractivity contribution < 1.29 is 22.8 Å². The Morgan fingerprint density at radius 1 is 0.984 bits per heavy atom. The number of ether oxygens (including phenoxy) is 1. The molecule has 1 fully saturated rings. The number of carbonyl (C=O) groups is 1. The van der Waals surface area contributed by atoms with Crippen molar-refractivity contribution in [2.45, 2.75) is 129 Å². The molecule has 1 saturated carbocycles. The van der Waals surface area contributed by atoms with E-state index in [1.807, 2.05) is 13.8 Å². The lowest BCUT2D eigenvalue weighted by molar-refractivity contribution is -0.170. The van der Waals surface area contributed by atoms with E-state index in [1.165, 1.54) is 10.4 Å². The van der Waals surface area contributed by atoms with Gasteiger partial charge in [-0.25, -0.2) is 14.2 Å². The van der Waals surface area contributed by atoms with E-state index in [0.29, 0.717) is 47.6 Å². The van der Waals surface area contributed by atoms with Crippen LogP contribution in [-0.4, -0.2) is 43.8 Å². The van der Waals surface area contributed by atoms with Crippen molar-refractivity contribution in [2.75, 3.05) is 6.61 Å². The van der Waals surface area contributed by atoms with E-state index in [9.17, 15) is 4.79 Å². The van der Waals surface area contributed by atoms with Crippen molar-refractivity contribution in [3.8, 4) is 11.4 Å². The molecule has 0 bridgehead atoms. The molecule has 0 spiro atoms. The maximum Gasteiger partial charge on any atom is 0.342 e. The Morgan fingerprint density at radius 3 is 2.24 bits per heavy atom. The fraction of sp³-hybridized carbons (Fsp3) is 0.451. The number of thiocarbonyl (C=S) groups is 1. The molecule has 12 heteroatoms. The molecule has 0 radical (unpaired) electrons. The van der Waals surface area contributed by atoms with E-state index in [1.54, 1.807) is 6.07 Å². The van der Waals surface area contributed by atoms with E-state index in [2.05, 4.69) is 131 Å². The number of cyclic esters (lactones) is 1. The molecule has 3 aromatic carbocycles. The summed E-state index contributed by atoms with van der Waals surface area (Å²) in [5.74, 6) is -0.140. The number of halogens is 1. The first kappa shape index (κ1) is 44.3. The Morgan fingerprint density at radius 2 is 1.63 bits per heavy atom. The summed E-state index contributed by atoms with van der Waals surface area (Å²) in [7, 11) is -5.19. The molecular weight excluding hydrogens is 858 g/mol. The average molecular weight is 918 g/mol. The van der Waals surface area contributed by atoms with Crippen LogP contribution in [-0.2, 0) is 43.6 Å².